The molecular formula is C11H12N2O. The lowest BCUT2D eigenvalue weighted by molar-refractivity contribution is 0.324. The second-order valence-corrected chi connectivity index (χ2v) is 2.87. The third-order valence-corrected chi connectivity index (χ3v) is 1.88. The maximum Gasteiger partial charge on any atom is 0.233 e. The monoisotopic (exact) mass is 188 g/mol. The fourth-order valence-electron chi connectivity index (χ4n) is 1.26. The molecule has 72 valence electrons. The molecule has 14 heavy (non-hydrogen) atoms. The first-order chi connectivity index (χ1) is 6.90. The Morgan fingerprint density at radius 1 is 1.21 bits per heavy atom. The van der Waals surface area contributed by atoms with Crippen LogP contribution in [0.25, 0.3) is 5.69 Å². The average molecular weight is 188 g/mol. The predicted molar refractivity (Wildman–Crippen MR) is 54.7 cm³/mol. The summed E-state index contributed by atoms with van der Waals surface area (Å²) in [5.41, 5.74) is 1.04. The van der Waals surface area contributed by atoms with Gasteiger partial charge in [-0.15, -0.1) is 5.10 Å². The molecular weight excluding hydrogens is 176 g/mol. The zero-order valence-corrected chi connectivity index (χ0v) is 8.05. The number of hydrogen-bond acceptors (Lipinski definition) is 2. The van der Waals surface area contributed by atoms with Crippen LogP contribution in [0.4, 0.5) is 0 Å². The lowest BCUT2D eigenvalue weighted by atomic mass is 10.3. The third-order valence-electron chi connectivity index (χ3n) is 1.88. The fraction of sp³-hybridized carbons (Fsp3) is 0.182. The highest BCUT2D eigenvalue weighted by molar-refractivity contribution is 5.31. The smallest absolute Gasteiger partial charge is 0.233 e. The van der Waals surface area contributed by atoms with Gasteiger partial charge in [0.15, 0.2) is 0 Å². The first-order valence-corrected chi connectivity index (χ1v) is 4.64. The molecule has 0 saturated heterocycles. The van der Waals surface area contributed by atoms with Crippen molar-refractivity contribution in [1.29, 1.82) is 0 Å². The highest BCUT2D eigenvalue weighted by Crippen LogP contribution is 2.10. The molecule has 0 saturated carbocycles. The van der Waals surface area contributed by atoms with Gasteiger partial charge in [-0.05, 0) is 19.1 Å². The number of aromatic nitrogens is 2. The predicted octanol–water partition coefficient (Wildman–Crippen LogP) is 2.27. The van der Waals surface area contributed by atoms with E-state index < -0.39 is 0 Å². The number of rotatable bonds is 3. The van der Waals surface area contributed by atoms with Crippen LogP contribution in [0.15, 0.2) is 42.6 Å². The zero-order chi connectivity index (χ0) is 9.80. The van der Waals surface area contributed by atoms with E-state index in [9.17, 15) is 0 Å². The van der Waals surface area contributed by atoms with Gasteiger partial charge in [0, 0.05) is 12.3 Å². The maximum atomic E-state index is 5.28. The van der Waals surface area contributed by atoms with E-state index in [4.69, 9.17) is 4.74 Å². The van der Waals surface area contributed by atoms with Gasteiger partial charge in [-0.3, -0.25) is 0 Å². The molecule has 3 nitrogen and oxygen atoms in total. The first kappa shape index (κ1) is 8.81. The van der Waals surface area contributed by atoms with Crippen LogP contribution < -0.4 is 4.74 Å². The molecule has 2 rings (SSSR count). The Morgan fingerprint density at radius 3 is 2.71 bits per heavy atom. The Morgan fingerprint density at radius 2 is 2.00 bits per heavy atom. The van der Waals surface area contributed by atoms with E-state index in [1.807, 2.05) is 49.5 Å². The van der Waals surface area contributed by atoms with Crippen LogP contribution in [0.2, 0.25) is 0 Å². The van der Waals surface area contributed by atoms with Gasteiger partial charge in [-0.2, -0.15) is 0 Å². The molecule has 2 aromatic rings. The van der Waals surface area contributed by atoms with Gasteiger partial charge in [0.2, 0.25) is 5.88 Å². The second-order valence-electron chi connectivity index (χ2n) is 2.87. The Balaban J connectivity index is 2.25. The molecule has 0 N–H and O–H groups in total. The fourth-order valence-corrected chi connectivity index (χ4v) is 1.26. The molecule has 0 unspecified atom stereocenters. The van der Waals surface area contributed by atoms with Crippen LogP contribution in [0.1, 0.15) is 6.92 Å². The summed E-state index contributed by atoms with van der Waals surface area (Å²) in [6.07, 6.45) is 1.89. The van der Waals surface area contributed by atoms with Gasteiger partial charge in [-0.1, -0.05) is 18.2 Å². The molecule has 0 aliphatic rings. The molecule has 1 aromatic carbocycles. The van der Waals surface area contributed by atoms with Gasteiger partial charge in [-0.25, -0.2) is 4.68 Å². The first-order valence-electron chi connectivity index (χ1n) is 4.64. The van der Waals surface area contributed by atoms with Gasteiger partial charge in [0.25, 0.3) is 0 Å². The summed E-state index contributed by atoms with van der Waals surface area (Å²) in [6, 6.07) is 11.8. The summed E-state index contributed by atoms with van der Waals surface area (Å²) < 4.78 is 7.07. The molecule has 1 heterocycles. The summed E-state index contributed by atoms with van der Waals surface area (Å²) in [5, 5.41) is 4.26. The van der Waals surface area contributed by atoms with E-state index in [-0.39, 0.29) is 0 Å². The van der Waals surface area contributed by atoms with E-state index in [1.165, 1.54) is 0 Å². The number of para-hydroxylation sites is 1. The van der Waals surface area contributed by atoms with Gasteiger partial charge < -0.3 is 4.74 Å². The van der Waals surface area contributed by atoms with Crippen molar-refractivity contribution in [3.8, 4) is 11.6 Å². The van der Waals surface area contributed by atoms with Crippen molar-refractivity contribution in [2.45, 2.75) is 6.92 Å². The number of benzene rings is 1. The Kier molecular flexibility index (Phi) is 2.49. The van der Waals surface area contributed by atoms with E-state index in [2.05, 4.69) is 5.10 Å². The highest BCUT2D eigenvalue weighted by atomic mass is 16.5. The molecule has 0 aliphatic carbocycles. The van der Waals surface area contributed by atoms with E-state index >= 15 is 0 Å². The molecule has 0 atom stereocenters. The van der Waals surface area contributed by atoms with Crippen LogP contribution in [0, 0.1) is 0 Å². The van der Waals surface area contributed by atoms with Crippen LogP contribution in [0.5, 0.6) is 5.88 Å². The largest absolute Gasteiger partial charge is 0.477 e. The van der Waals surface area contributed by atoms with Crippen molar-refractivity contribution in [2.24, 2.45) is 0 Å². The number of ether oxygens (including phenoxy) is 1. The van der Waals surface area contributed by atoms with Crippen LogP contribution >= 0.6 is 0 Å². The van der Waals surface area contributed by atoms with Crippen LogP contribution in [-0.2, 0) is 0 Å². The van der Waals surface area contributed by atoms with Crippen LogP contribution in [0.3, 0.4) is 0 Å². The average Bonchev–Trinajstić information content (AvgIpc) is 2.68. The Bertz CT molecular complexity index is 395. The molecule has 0 bridgehead atoms. The number of nitrogens with zero attached hydrogens (tertiary/aromatic N) is 2. The minimum absolute atomic E-state index is 0.645. The minimum Gasteiger partial charge on any atom is -0.477 e. The van der Waals surface area contributed by atoms with E-state index in [0.717, 1.165) is 5.69 Å². The SMILES string of the molecule is CCOc1ccn(-c2ccccc2)n1. The third kappa shape index (κ3) is 1.76. The zero-order valence-electron chi connectivity index (χ0n) is 8.05. The maximum absolute atomic E-state index is 5.28. The number of hydrogen-bond donors (Lipinski definition) is 0. The minimum atomic E-state index is 0.645. The Hall–Kier alpha value is -1.77. The molecule has 3 heteroatoms. The standard InChI is InChI=1S/C11H12N2O/c1-2-14-11-8-9-13(12-11)10-6-4-3-5-7-10/h3-9H,2H2,1H3. The quantitative estimate of drug-likeness (QED) is 0.738. The summed E-state index contributed by atoms with van der Waals surface area (Å²) in [6.45, 7) is 2.59. The normalized spacial score (nSPS) is 10.1. The lowest BCUT2D eigenvalue weighted by Gasteiger charge is -1.99. The lowest BCUT2D eigenvalue weighted by Crippen LogP contribution is -1.96. The molecule has 1 aromatic heterocycles. The van der Waals surface area contributed by atoms with E-state index in [0.29, 0.717) is 12.5 Å². The van der Waals surface area contributed by atoms with Gasteiger partial charge >= 0.3 is 0 Å². The summed E-state index contributed by atoms with van der Waals surface area (Å²) in [7, 11) is 0. The van der Waals surface area contributed by atoms with E-state index in [1.54, 1.807) is 4.68 Å². The van der Waals surface area contributed by atoms with Gasteiger partial charge in [0.1, 0.15) is 0 Å². The van der Waals surface area contributed by atoms with Crippen LogP contribution in [-0.4, -0.2) is 16.4 Å². The second kappa shape index (κ2) is 3.96. The topological polar surface area (TPSA) is 27.1 Å². The van der Waals surface area contributed by atoms with Crippen molar-refractivity contribution in [3.63, 3.8) is 0 Å². The Labute approximate surface area is 82.9 Å². The van der Waals surface area contributed by atoms with Crippen molar-refractivity contribution in [3.05, 3.63) is 42.6 Å². The highest BCUT2D eigenvalue weighted by Gasteiger charge is 1.99. The van der Waals surface area contributed by atoms with Crippen molar-refractivity contribution in [1.82, 2.24) is 9.78 Å². The molecule has 0 aliphatic heterocycles. The van der Waals surface area contributed by atoms with Crippen molar-refractivity contribution >= 4 is 0 Å². The summed E-state index contributed by atoms with van der Waals surface area (Å²) >= 11 is 0. The van der Waals surface area contributed by atoms with Crippen molar-refractivity contribution in [2.75, 3.05) is 6.61 Å². The molecule has 0 spiro atoms. The summed E-state index contributed by atoms with van der Waals surface area (Å²) in [5.74, 6) is 0.663. The summed E-state index contributed by atoms with van der Waals surface area (Å²) in [4.78, 5) is 0. The molecule has 0 amide bonds. The van der Waals surface area contributed by atoms with Gasteiger partial charge in [0.05, 0.1) is 12.3 Å². The molecule has 0 radical (unpaired) electrons. The molecule has 0 fully saturated rings. The van der Waals surface area contributed by atoms with Crippen molar-refractivity contribution < 1.29 is 4.74 Å².